The van der Waals surface area contributed by atoms with E-state index < -0.39 is 0 Å². The Bertz CT molecular complexity index is 182. The Labute approximate surface area is 85.8 Å². The van der Waals surface area contributed by atoms with Crippen molar-refractivity contribution in [2.45, 2.75) is 32.7 Å². The molecule has 0 saturated carbocycles. The van der Waals surface area contributed by atoms with E-state index in [1.807, 2.05) is 13.8 Å². The van der Waals surface area contributed by atoms with Crippen molar-refractivity contribution in [3.8, 4) is 0 Å². The quantitative estimate of drug-likeness (QED) is 0.653. The molecule has 0 radical (unpaired) electrons. The van der Waals surface area contributed by atoms with Gasteiger partial charge in [-0.15, -0.1) is 0 Å². The summed E-state index contributed by atoms with van der Waals surface area (Å²) in [5.41, 5.74) is 5.60. The second kappa shape index (κ2) is 5.98. The number of hydrogen-bond acceptors (Lipinski definition) is 4. The summed E-state index contributed by atoms with van der Waals surface area (Å²) in [5, 5.41) is 0. The Balaban J connectivity index is 4.31. The fraction of sp³-hybridized carbons (Fsp3) is 0.900. The number of hydrogen-bond donors (Lipinski definition) is 1. The highest BCUT2D eigenvalue weighted by atomic mass is 16.5. The molecule has 0 spiro atoms. The Morgan fingerprint density at radius 3 is 2.43 bits per heavy atom. The normalized spacial score (nSPS) is 17.2. The zero-order valence-corrected chi connectivity index (χ0v) is 9.50. The van der Waals surface area contributed by atoms with Crippen molar-refractivity contribution in [3.05, 3.63) is 0 Å². The Hall–Kier alpha value is -0.610. The molecule has 0 aliphatic rings. The molecule has 2 unspecified atom stereocenters. The third kappa shape index (κ3) is 4.07. The van der Waals surface area contributed by atoms with Crippen LogP contribution in [0.2, 0.25) is 0 Å². The van der Waals surface area contributed by atoms with Gasteiger partial charge in [-0.05, 0) is 18.8 Å². The number of rotatable bonds is 6. The van der Waals surface area contributed by atoms with Gasteiger partial charge in [0, 0.05) is 19.8 Å². The van der Waals surface area contributed by atoms with Crippen LogP contribution in [0.5, 0.6) is 0 Å². The molecule has 0 bridgehead atoms. The van der Waals surface area contributed by atoms with Crippen LogP contribution in [0.3, 0.4) is 0 Å². The lowest BCUT2D eigenvalue weighted by Gasteiger charge is -2.32. The van der Waals surface area contributed by atoms with Crippen LogP contribution < -0.4 is 5.73 Å². The number of carbonyl (C=O) groups is 1. The second-order valence-corrected chi connectivity index (χ2v) is 3.94. The second-order valence-electron chi connectivity index (χ2n) is 3.94. The van der Waals surface area contributed by atoms with Crippen molar-refractivity contribution in [2.75, 3.05) is 20.8 Å². The van der Waals surface area contributed by atoms with Crippen LogP contribution in [0, 0.1) is 5.41 Å². The molecule has 0 fully saturated rings. The Kier molecular flexibility index (Phi) is 5.72. The van der Waals surface area contributed by atoms with Gasteiger partial charge in [-0.3, -0.25) is 4.79 Å². The molecule has 2 N–H and O–H groups in total. The summed E-state index contributed by atoms with van der Waals surface area (Å²) >= 11 is 0. The van der Waals surface area contributed by atoms with Gasteiger partial charge in [0.05, 0.1) is 13.5 Å². The standard InChI is InChI=1S/C10H21NO3/c1-8(11)10(2,5-6-13-3)7-9(12)14-4/h8H,5-7,11H2,1-4H3. The highest BCUT2D eigenvalue weighted by molar-refractivity contribution is 5.70. The highest BCUT2D eigenvalue weighted by Crippen LogP contribution is 2.29. The largest absolute Gasteiger partial charge is 0.469 e. The van der Waals surface area contributed by atoms with Crippen LogP contribution in [0.1, 0.15) is 26.7 Å². The molecule has 84 valence electrons. The van der Waals surface area contributed by atoms with Gasteiger partial charge < -0.3 is 15.2 Å². The smallest absolute Gasteiger partial charge is 0.306 e. The SMILES string of the molecule is COCCC(C)(CC(=O)OC)C(C)N. The van der Waals surface area contributed by atoms with Crippen molar-refractivity contribution in [1.29, 1.82) is 0 Å². The molecular formula is C10H21NO3. The van der Waals surface area contributed by atoms with Gasteiger partial charge in [-0.2, -0.15) is 0 Å². The molecular weight excluding hydrogens is 182 g/mol. The summed E-state index contributed by atoms with van der Waals surface area (Å²) in [6, 6.07) is -0.0586. The molecule has 0 saturated heterocycles. The lowest BCUT2D eigenvalue weighted by molar-refractivity contribution is -0.143. The zero-order valence-electron chi connectivity index (χ0n) is 9.50. The third-order valence-electron chi connectivity index (χ3n) is 2.75. The summed E-state index contributed by atoms with van der Waals surface area (Å²) in [5.74, 6) is -0.221. The molecule has 0 aromatic rings. The maximum Gasteiger partial charge on any atom is 0.306 e. The summed E-state index contributed by atoms with van der Waals surface area (Å²) in [6.45, 7) is 4.49. The minimum absolute atomic E-state index is 0.0586. The van der Waals surface area contributed by atoms with Gasteiger partial charge in [0.15, 0.2) is 0 Å². The van der Waals surface area contributed by atoms with E-state index in [1.54, 1.807) is 7.11 Å². The first kappa shape index (κ1) is 13.4. The first-order valence-electron chi connectivity index (χ1n) is 4.77. The summed E-state index contributed by atoms with van der Waals surface area (Å²) < 4.78 is 9.64. The van der Waals surface area contributed by atoms with Gasteiger partial charge in [-0.25, -0.2) is 0 Å². The van der Waals surface area contributed by atoms with E-state index in [0.717, 1.165) is 6.42 Å². The van der Waals surface area contributed by atoms with E-state index >= 15 is 0 Å². The van der Waals surface area contributed by atoms with E-state index in [2.05, 4.69) is 4.74 Å². The van der Waals surface area contributed by atoms with Crippen LogP contribution in [-0.2, 0) is 14.3 Å². The molecule has 14 heavy (non-hydrogen) atoms. The van der Waals surface area contributed by atoms with Gasteiger partial charge in [0.1, 0.15) is 0 Å². The van der Waals surface area contributed by atoms with Gasteiger partial charge in [0.2, 0.25) is 0 Å². The fourth-order valence-electron chi connectivity index (χ4n) is 1.21. The predicted molar refractivity (Wildman–Crippen MR) is 54.9 cm³/mol. The minimum Gasteiger partial charge on any atom is -0.469 e. The zero-order chi connectivity index (χ0) is 11.2. The summed E-state index contributed by atoms with van der Waals surface area (Å²) in [7, 11) is 3.03. The number of esters is 1. The summed E-state index contributed by atoms with van der Waals surface area (Å²) in [4.78, 5) is 11.2. The molecule has 0 heterocycles. The Morgan fingerprint density at radius 1 is 1.50 bits per heavy atom. The molecule has 0 aromatic heterocycles. The number of carbonyl (C=O) groups excluding carboxylic acids is 1. The van der Waals surface area contributed by atoms with Crippen LogP contribution in [-0.4, -0.2) is 32.8 Å². The number of methoxy groups -OCH3 is 2. The van der Waals surface area contributed by atoms with Crippen molar-refractivity contribution in [3.63, 3.8) is 0 Å². The first-order chi connectivity index (χ1) is 6.46. The van der Waals surface area contributed by atoms with Gasteiger partial charge in [-0.1, -0.05) is 6.92 Å². The van der Waals surface area contributed by atoms with E-state index in [-0.39, 0.29) is 17.4 Å². The lowest BCUT2D eigenvalue weighted by atomic mass is 9.77. The van der Waals surface area contributed by atoms with E-state index in [4.69, 9.17) is 10.5 Å². The molecule has 4 nitrogen and oxygen atoms in total. The molecule has 0 aliphatic carbocycles. The van der Waals surface area contributed by atoms with Crippen LogP contribution >= 0.6 is 0 Å². The summed E-state index contributed by atoms with van der Waals surface area (Å²) in [6.07, 6.45) is 1.10. The van der Waals surface area contributed by atoms with E-state index in [0.29, 0.717) is 13.0 Å². The minimum atomic E-state index is -0.247. The van der Waals surface area contributed by atoms with Crippen LogP contribution in [0.4, 0.5) is 0 Å². The Morgan fingerprint density at radius 2 is 2.07 bits per heavy atom. The van der Waals surface area contributed by atoms with Crippen molar-refractivity contribution >= 4 is 5.97 Å². The highest BCUT2D eigenvalue weighted by Gasteiger charge is 2.31. The first-order valence-corrected chi connectivity index (χ1v) is 4.77. The molecule has 0 aliphatic heterocycles. The molecule has 0 aromatic carbocycles. The van der Waals surface area contributed by atoms with Crippen molar-refractivity contribution in [2.24, 2.45) is 11.1 Å². The molecule has 0 rings (SSSR count). The maximum absolute atomic E-state index is 11.2. The molecule has 0 amide bonds. The van der Waals surface area contributed by atoms with Gasteiger partial charge in [0.25, 0.3) is 0 Å². The average molecular weight is 203 g/mol. The average Bonchev–Trinajstić information content (AvgIpc) is 2.14. The molecule has 4 heteroatoms. The number of ether oxygens (including phenoxy) is 2. The topological polar surface area (TPSA) is 61.5 Å². The predicted octanol–water partition coefficient (Wildman–Crippen LogP) is 0.940. The van der Waals surface area contributed by atoms with Crippen molar-refractivity contribution < 1.29 is 14.3 Å². The lowest BCUT2D eigenvalue weighted by Crippen LogP contribution is -2.40. The van der Waals surface area contributed by atoms with Crippen LogP contribution in [0.15, 0.2) is 0 Å². The monoisotopic (exact) mass is 203 g/mol. The number of nitrogens with two attached hydrogens (primary N) is 1. The van der Waals surface area contributed by atoms with Crippen molar-refractivity contribution in [1.82, 2.24) is 0 Å². The van der Waals surface area contributed by atoms with Crippen LogP contribution in [0.25, 0.3) is 0 Å². The van der Waals surface area contributed by atoms with E-state index in [1.165, 1.54) is 7.11 Å². The van der Waals surface area contributed by atoms with E-state index in [9.17, 15) is 4.79 Å². The maximum atomic E-state index is 11.2. The molecule has 2 atom stereocenters. The third-order valence-corrected chi connectivity index (χ3v) is 2.75. The fourth-order valence-corrected chi connectivity index (χ4v) is 1.21. The van der Waals surface area contributed by atoms with Gasteiger partial charge >= 0.3 is 5.97 Å².